The second-order valence-electron chi connectivity index (χ2n) is 6.93. The molecule has 1 aliphatic rings. The first kappa shape index (κ1) is 16.2. The summed E-state index contributed by atoms with van der Waals surface area (Å²) >= 11 is 0. The van der Waals surface area contributed by atoms with Crippen LogP contribution in [-0.4, -0.2) is 19.2 Å². The van der Waals surface area contributed by atoms with Crippen molar-refractivity contribution in [3.8, 4) is 5.75 Å². The molecular weight excluding hydrogens is 260 g/mol. The van der Waals surface area contributed by atoms with Crippen LogP contribution < -0.4 is 15.8 Å². The molecular formula is C18H30N2O. The molecule has 0 aromatic heterocycles. The van der Waals surface area contributed by atoms with Crippen molar-refractivity contribution in [2.24, 2.45) is 17.6 Å². The van der Waals surface area contributed by atoms with Gasteiger partial charge in [-0.2, -0.15) is 0 Å². The molecule has 0 aliphatic heterocycles. The molecule has 1 fully saturated rings. The van der Waals surface area contributed by atoms with Gasteiger partial charge in [-0.25, -0.2) is 0 Å². The van der Waals surface area contributed by atoms with Gasteiger partial charge in [0, 0.05) is 23.8 Å². The van der Waals surface area contributed by atoms with E-state index in [2.05, 4.69) is 31.3 Å². The summed E-state index contributed by atoms with van der Waals surface area (Å²) in [7, 11) is 1.71. The van der Waals surface area contributed by atoms with Crippen molar-refractivity contribution in [1.82, 2.24) is 0 Å². The fourth-order valence-electron chi connectivity index (χ4n) is 3.71. The predicted octanol–water partition coefficient (Wildman–Crippen LogP) is 4.04. The van der Waals surface area contributed by atoms with Crippen LogP contribution in [0.3, 0.4) is 0 Å². The van der Waals surface area contributed by atoms with E-state index in [4.69, 9.17) is 10.5 Å². The Morgan fingerprint density at radius 2 is 2.24 bits per heavy atom. The topological polar surface area (TPSA) is 47.3 Å². The lowest BCUT2D eigenvalue weighted by Crippen LogP contribution is -2.49. The molecule has 3 heteroatoms. The van der Waals surface area contributed by atoms with Gasteiger partial charge in [0.2, 0.25) is 0 Å². The quantitative estimate of drug-likeness (QED) is 0.831. The molecule has 1 saturated carbocycles. The molecule has 0 bridgehead atoms. The Kier molecular flexibility index (Phi) is 5.51. The fourth-order valence-corrected chi connectivity index (χ4v) is 3.71. The first-order valence-electron chi connectivity index (χ1n) is 8.19. The molecule has 21 heavy (non-hydrogen) atoms. The highest BCUT2D eigenvalue weighted by atomic mass is 16.5. The second kappa shape index (κ2) is 7.17. The van der Waals surface area contributed by atoms with Gasteiger partial charge in [-0.3, -0.25) is 0 Å². The molecule has 118 valence electrons. The van der Waals surface area contributed by atoms with Crippen LogP contribution in [0.5, 0.6) is 5.75 Å². The van der Waals surface area contributed by atoms with Gasteiger partial charge < -0.3 is 15.8 Å². The maximum absolute atomic E-state index is 6.16. The van der Waals surface area contributed by atoms with Crippen LogP contribution in [0.2, 0.25) is 0 Å². The maximum Gasteiger partial charge on any atom is 0.120 e. The molecule has 3 N–H and O–H groups in total. The lowest BCUT2D eigenvalue weighted by atomic mass is 9.73. The SMILES string of the molecule is COc1cccc(NC2(CN)CCCC(CC(C)C)C2)c1. The molecule has 2 atom stereocenters. The molecule has 0 heterocycles. The molecule has 1 aromatic rings. The highest BCUT2D eigenvalue weighted by molar-refractivity contribution is 5.50. The summed E-state index contributed by atoms with van der Waals surface area (Å²) in [5, 5.41) is 3.72. The number of hydrogen-bond acceptors (Lipinski definition) is 3. The van der Waals surface area contributed by atoms with Crippen molar-refractivity contribution in [3.05, 3.63) is 24.3 Å². The zero-order valence-electron chi connectivity index (χ0n) is 13.7. The summed E-state index contributed by atoms with van der Waals surface area (Å²) in [5.41, 5.74) is 7.32. The first-order valence-corrected chi connectivity index (χ1v) is 8.19. The largest absolute Gasteiger partial charge is 0.497 e. The zero-order chi connectivity index (χ0) is 15.3. The first-order chi connectivity index (χ1) is 10.1. The smallest absolute Gasteiger partial charge is 0.120 e. The number of hydrogen-bond donors (Lipinski definition) is 2. The summed E-state index contributed by atoms with van der Waals surface area (Å²) < 4.78 is 5.31. The minimum atomic E-state index is 0.0458. The molecule has 0 radical (unpaired) electrons. The number of nitrogens with two attached hydrogens (primary N) is 1. The molecule has 1 aliphatic carbocycles. The minimum Gasteiger partial charge on any atom is -0.497 e. The highest BCUT2D eigenvalue weighted by Gasteiger charge is 2.35. The molecule has 0 amide bonds. The van der Waals surface area contributed by atoms with Crippen LogP contribution in [-0.2, 0) is 0 Å². The van der Waals surface area contributed by atoms with E-state index in [-0.39, 0.29) is 5.54 Å². The normalized spacial score (nSPS) is 25.9. The van der Waals surface area contributed by atoms with Crippen LogP contribution in [0.1, 0.15) is 46.0 Å². The zero-order valence-corrected chi connectivity index (χ0v) is 13.7. The van der Waals surface area contributed by atoms with Crippen molar-refractivity contribution in [2.75, 3.05) is 19.0 Å². The minimum absolute atomic E-state index is 0.0458. The van der Waals surface area contributed by atoms with Crippen LogP contribution in [0.15, 0.2) is 24.3 Å². The van der Waals surface area contributed by atoms with Crippen molar-refractivity contribution >= 4 is 5.69 Å². The monoisotopic (exact) mass is 290 g/mol. The average molecular weight is 290 g/mol. The number of anilines is 1. The Labute approximate surface area is 129 Å². The molecule has 0 spiro atoms. The Morgan fingerprint density at radius 1 is 1.43 bits per heavy atom. The van der Waals surface area contributed by atoms with Crippen molar-refractivity contribution < 1.29 is 4.74 Å². The lowest BCUT2D eigenvalue weighted by molar-refractivity contribution is 0.222. The number of ether oxygens (including phenoxy) is 1. The van der Waals surface area contributed by atoms with Crippen molar-refractivity contribution in [2.45, 2.75) is 51.5 Å². The van der Waals surface area contributed by atoms with E-state index < -0.39 is 0 Å². The van der Waals surface area contributed by atoms with Gasteiger partial charge >= 0.3 is 0 Å². The summed E-state index contributed by atoms with van der Waals surface area (Å²) in [4.78, 5) is 0. The molecule has 0 saturated heterocycles. The van der Waals surface area contributed by atoms with E-state index in [9.17, 15) is 0 Å². The van der Waals surface area contributed by atoms with Crippen LogP contribution in [0.25, 0.3) is 0 Å². The van der Waals surface area contributed by atoms with E-state index in [0.717, 1.165) is 29.7 Å². The second-order valence-corrected chi connectivity index (χ2v) is 6.93. The number of benzene rings is 1. The number of nitrogens with one attached hydrogen (secondary N) is 1. The van der Waals surface area contributed by atoms with Gasteiger partial charge in [-0.15, -0.1) is 0 Å². The molecule has 3 nitrogen and oxygen atoms in total. The van der Waals surface area contributed by atoms with Crippen molar-refractivity contribution in [3.63, 3.8) is 0 Å². The van der Waals surface area contributed by atoms with E-state index >= 15 is 0 Å². The summed E-state index contributed by atoms with van der Waals surface area (Å²) in [6.07, 6.45) is 6.26. The van der Waals surface area contributed by atoms with E-state index in [1.807, 2.05) is 12.1 Å². The third-order valence-corrected chi connectivity index (χ3v) is 4.62. The van der Waals surface area contributed by atoms with Crippen LogP contribution in [0, 0.1) is 11.8 Å². The predicted molar refractivity (Wildman–Crippen MR) is 89.8 cm³/mol. The Hall–Kier alpha value is -1.22. The number of methoxy groups -OCH3 is 1. The van der Waals surface area contributed by atoms with Gasteiger partial charge in [0.15, 0.2) is 0 Å². The summed E-state index contributed by atoms with van der Waals surface area (Å²) in [5.74, 6) is 2.45. The Balaban J connectivity index is 2.09. The van der Waals surface area contributed by atoms with Gasteiger partial charge in [-0.05, 0) is 43.2 Å². The summed E-state index contributed by atoms with van der Waals surface area (Å²) in [6.45, 7) is 5.32. The van der Waals surface area contributed by atoms with E-state index in [0.29, 0.717) is 6.54 Å². The highest BCUT2D eigenvalue weighted by Crippen LogP contribution is 2.37. The number of rotatable bonds is 6. The lowest BCUT2D eigenvalue weighted by Gasteiger charge is -2.42. The third kappa shape index (κ3) is 4.37. The Bertz CT molecular complexity index is 447. The van der Waals surface area contributed by atoms with E-state index in [1.165, 1.54) is 25.7 Å². The third-order valence-electron chi connectivity index (χ3n) is 4.62. The standard InChI is InChI=1S/C18H30N2O/c1-14(2)10-15-6-5-9-18(12-15,13-19)20-16-7-4-8-17(11-16)21-3/h4,7-8,11,14-15,20H,5-6,9-10,12-13,19H2,1-3H3. The van der Waals surface area contributed by atoms with E-state index in [1.54, 1.807) is 7.11 Å². The Morgan fingerprint density at radius 3 is 2.90 bits per heavy atom. The molecule has 1 aromatic carbocycles. The molecule has 2 rings (SSSR count). The average Bonchev–Trinajstić information content (AvgIpc) is 2.47. The fraction of sp³-hybridized carbons (Fsp3) is 0.667. The van der Waals surface area contributed by atoms with Crippen LogP contribution >= 0.6 is 0 Å². The van der Waals surface area contributed by atoms with Crippen LogP contribution in [0.4, 0.5) is 5.69 Å². The summed E-state index contributed by atoms with van der Waals surface area (Å²) in [6, 6.07) is 8.16. The van der Waals surface area contributed by atoms with Crippen molar-refractivity contribution in [1.29, 1.82) is 0 Å². The van der Waals surface area contributed by atoms with Gasteiger partial charge in [0.25, 0.3) is 0 Å². The van der Waals surface area contributed by atoms with Gasteiger partial charge in [-0.1, -0.05) is 32.8 Å². The maximum atomic E-state index is 6.16. The van der Waals surface area contributed by atoms with Gasteiger partial charge in [0.05, 0.1) is 7.11 Å². The molecule has 2 unspecified atom stereocenters. The van der Waals surface area contributed by atoms with Gasteiger partial charge in [0.1, 0.15) is 5.75 Å².